The summed E-state index contributed by atoms with van der Waals surface area (Å²) >= 11 is 0. The number of hydrogen-bond donors (Lipinski definition) is 1. The largest absolute Gasteiger partial charge is 0.395 e. The predicted molar refractivity (Wildman–Crippen MR) is 135 cm³/mol. The summed E-state index contributed by atoms with van der Waals surface area (Å²) in [6.07, 6.45) is 9.93. The van der Waals surface area contributed by atoms with Crippen molar-refractivity contribution in [2.24, 2.45) is 11.8 Å². The average molecular weight is 494 g/mol. The van der Waals surface area contributed by atoms with Gasteiger partial charge < -0.3 is 24.5 Å². The van der Waals surface area contributed by atoms with E-state index >= 15 is 0 Å². The lowest BCUT2D eigenvalue weighted by Crippen LogP contribution is -2.56. The van der Waals surface area contributed by atoms with E-state index in [1.165, 1.54) is 4.90 Å². The number of β-amino-alcohol motifs (C(OH)–C–C–N with tert-alkyl or cyclic N) is 1. The smallest absolute Gasteiger partial charge is 0.249 e. The Hall–Kier alpha value is -2.97. The SMILES string of the molecule is CCCCN1CC=C[C@]23O[C@@]4(CC)C=CCN(c5ccccc5)C(=O)[C@H]4[C@H]2C(=O)N(CCO)C3C1=O. The molecule has 4 heterocycles. The van der Waals surface area contributed by atoms with E-state index < -0.39 is 29.1 Å². The number of amides is 3. The van der Waals surface area contributed by atoms with Crippen molar-refractivity contribution >= 4 is 23.4 Å². The van der Waals surface area contributed by atoms with Gasteiger partial charge in [-0.15, -0.1) is 0 Å². The van der Waals surface area contributed by atoms with Gasteiger partial charge in [0.25, 0.3) is 0 Å². The van der Waals surface area contributed by atoms with Gasteiger partial charge in [0, 0.05) is 31.9 Å². The number of anilines is 1. The molecule has 0 radical (unpaired) electrons. The van der Waals surface area contributed by atoms with E-state index in [2.05, 4.69) is 6.92 Å². The summed E-state index contributed by atoms with van der Waals surface area (Å²) in [6, 6.07) is 8.51. The van der Waals surface area contributed by atoms with Crippen LogP contribution in [-0.4, -0.2) is 82.7 Å². The predicted octanol–water partition coefficient (Wildman–Crippen LogP) is 2.14. The van der Waals surface area contributed by atoms with Crippen molar-refractivity contribution in [3.8, 4) is 0 Å². The zero-order valence-electron chi connectivity index (χ0n) is 21.0. The maximum absolute atomic E-state index is 14.3. The van der Waals surface area contributed by atoms with Gasteiger partial charge in [-0.3, -0.25) is 14.4 Å². The zero-order chi connectivity index (χ0) is 25.5. The maximum Gasteiger partial charge on any atom is 0.249 e. The molecule has 8 heteroatoms. The zero-order valence-corrected chi connectivity index (χ0v) is 21.0. The quantitative estimate of drug-likeness (QED) is 0.588. The number of hydrogen-bond acceptors (Lipinski definition) is 5. The average Bonchev–Trinajstić information content (AvgIpc) is 3.17. The second-order valence-corrected chi connectivity index (χ2v) is 10.1. The molecule has 8 nitrogen and oxygen atoms in total. The Kier molecular flexibility index (Phi) is 6.51. The van der Waals surface area contributed by atoms with Crippen molar-refractivity contribution in [1.82, 2.24) is 9.80 Å². The van der Waals surface area contributed by atoms with Crippen molar-refractivity contribution in [3.63, 3.8) is 0 Å². The lowest BCUT2D eigenvalue weighted by atomic mass is 9.73. The minimum absolute atomic E-state index is 0.0184. The van der Waals surface area contributed by atoms with Crippen LogP contribution in [-0.2, 0) is 19.1 Å². The third kappa shape index (κ3) is 3.53. The minimum atomic E-state index is -1.27. The van der Waals surface area contributed by atoms with Crippen molar-refractivity contribution in [2.45, 2.75) is 50.4 Å². The first-order valence-corrected chi connectivity index (χ1v) is 13.1. The standard InChI is InChI=1S/C28H35N3O5/c1-3-5-15-29-16-10-14-28-22(25(34)31(18-19-32)23(28)26(29)35)21-24(33)30(20-11-7-6-8-12-20)17-9-13-27(21,4-2)36-28/h6-14,21-23,32H,3-5,15-19H2,1-2H3/t21-,22+,23?,27+,28+/m1/s1. The summed E-state index contributed by atoms with van der Waals surface area (Å²) in [4.78, 5) is 47.2. The van der Waals surface area contributed by atoms with Crippen molar-refractivity contribution in [2.75, 3.05) is 37.7 Å². The van der Waals surface area contributed by atoms with Crippen LogP contribution in [0.25, 0.3) is 0 Å². The number of carbonyl (C=O) groups is 3. The highest BCUT2D eigenvalue weighted by Crippen LogP contribution is 2.58. The van der Waals surface area contributed by atoms with E-state index in [1.807, 2.05) is 61.6 Å². The molecule has 2 saturated heterocycles. The molecule has 5 rings (SSSR count). The van der Waals surface area contributed by atoms with Crippen LogP contribution in [0.5, 0.6) is 0 Å². The highest BCUT2D eigenvalue weighted by molar-refractivity contribution is 6.04. The molecule has 0 aliphatic carbocycles. The molecule has 2 fully saturated rings. The van der Waals surface area contributed by atoms with Crippen LogP contribution in [0.4, 0.5) is 5.69 Å². The molecule has 1 N–H and O–H groups in total. The van der Waals surface area contributed by atoms with Gasteiger partial charge in [0.05, 0.1) is 24.0 Å². The van der Waals surface area contributed by atoms with E-state index in [-0.39, 0.29) is 30.9 Å². The summed E-state index contributed by atoms with van der Waals surface area (Å²) in [6.45, 7) is 5.17. The van der Waals surface area contributed by atoms with Crippen molar-refractivity contribution in [1.29, 1.82) is 0 Å². The number of aliphatic hydroxyl groups excluding tert-OH is 1. The molecule has 1 spiro atoms. The molecule has 3 amide bonds. The molecule has 0 bridgehead atoms. The van der Waals surface area contributed by atoms with Crippen LogP contribution in [0, 0.1) is 11.8 Å². The normalized spacial score (nSPS) is 33.5. The summed E-state index contributed by atoms with van der Waals surface area (Å²) < 4.78 is 6.89. The van der Waals surface area contributed by atoms with Crippen LogP contribution >= 0.6 is 0 Å². The number of unbranched alkanes of at least 4 members (excludes halogenated alkanes) is 1. The third-order valence-corrected chi connectivity index (χ3v) is 8.21. The summed E-state index contributed by atoms with van der Waals surface area (Å²) in [5, 5.41) is 9.81. The number of aliphatic hydroxyl groups is 1. The Morgan fingerprint density at radius 3 is 2.39 bits per heavy atom. The van der Waals surface area contributed by atoms with Crippen LogP contribution in [0.1, 0.15) is 33.1 Å². The third-order valence-electron chi connectivity index (χ3n) is 8.21. The Labute approximate surface area is 212 Å². The number of fused-ring (bicyclic) bond motifs is 2. The number of para-hydroxylation sites is 1. The van der Waals surface area contributed by atoms with Crippen LogP contribution in [0.3, 0.4) is 0 Å². The van der Waals surface area contributed by atoms with E-state index in [4.69, 9.17) is 4.74 Å². The fourth-order valence-corrected chi connectivity index (χ4v) is 6.54. The van der Waals surface area contributed by atoms with Gasteiger partial charge in [0.1, 0.15) is 11.6 Å². The van der Waals surface area contributed by atoms with Gasteiger partial charge >= 0.3 is 0 Å². The molecule has 4 aliphatic heterocycles. The number of carbonyl (C=O) groups excluding carboxylic acids is 3. The highest BCUT2D eigenvalue weighted by atomic mass is 16.5. The van der Waals surface area contributed by atoms with Gasteiger partial charge in [-0.25, -0.2) is 0 Å². The van der Waals surface area contributed by atoms with Gasteiger partial charge in [0.15, 0.2) is 0 Å². The maximum atomic E-state index is 14.3. The minimum Gasteiger partial charge on any atom is -0.395 e. The Balaban J connectivity index is 1.63. The molecule has 1 aromatic carbocycles. The van der Waals surface area contributed by atoms with E-state index in [1.54, 1.807) is 9.80 Å². The summed E-state index contributed by atoms with van der Waals surface area (Å²) in [5.41, 5.74) is -1.52. The molecular weight excluding hydrogens is 458 g/mol. The topological polar surface area (TPSA) is 90.4 Å². The second kappa shape index (κ2) is 9.48. The van der Waals surface area contributed by atoms with Gasteiger partial charge in [0.2, 0.25) is 17.7 Å². The van der Waals surface area contributed by atoms with E-state index in [0.29, 0.717) is 26.1 Å². The lowest BCUT2D eigenvalue weighted by molar-refractivity contribution is -0.152. The monoisotopic (exact) mass is 493 g/mol. The fraction of sp³-hybridized carbons (Fsp3) is 0.536. The first-order chi connectivity index (χ1) is 17.4. The molecule has 1 aromatic rings. The molecule has 1 unspecified atom stereocenters. The molecule has 0 aromatic heterocycles. The van der Waals surface area contributed by atoms with E-state index in [9.17, 15) is 19.5 Å². The summed E-state index contributed by atoms with van der Waals surface area (Å²) in [7, 11) is 0. The number of nitrogens with zero attached hydrogens (tertiary/aromatic N) is 3. The van der Waals surface area contributed by atoms with Gasteiger partial charge in [-0.1, -0.05) is 62.8 Å². The second-order valence-electron chi connectivity index (χ2n) is 10.1. The van der Waals surface area contributed by atoms with Gasteiger partial charge in [-0.2, -0.15) is 0 Å². The van der Waals surface area contributed by atoms with Gasteiger partial charge in [-0.05, 0) is 25.0 Å². The lowest BCUT2D eigenvalue weighted by Gasteiger charge is -2.38. The number of likely N-dealkylation sites (tertiary alicyclic amines) is 1. The molecule has 4 aliphatic rings. The number of benzene rings is 1. The van der Waals surface area contributed by atoms with E-state index in [0.717, 1.165) is 18.5 Å². The highest BCUT2D eigenvalue weighted by Gasteiger charge is 2.75. The molecule has 192 valence electrons. The summed E-state index contributed by atoms with van der Waals surface area (Å²) in [5.74, 6) is -2.32. The van der Waals surface area contributed by atoms with Crippen molar-refractivity contribution < 1.29 is 24.2 Å². The molecule has 5 atom stereocenters. The van der Waals surface area contributed by atoms with Crippen LogP contribution < -0.4 is 4.90 Å². The first-order valence-electron chi connectivity index (χ1n) is 13.1. The molecular formula is C28H35N3O5. The Morgan fingerprint density at radius 1 is 0.944 bits per heavy atom. The molecule has 36 heavy (non-hydrogen) atoms. The van der Waals surface area contributed by atoms with Crippen LogP contribution in [0.15, 0.2) is 54.6 Å². The number of ether oxygens (including phenoxy) is 1. The molecule has 0 saturated carbocycles. The van der Waals surface area contributed by atoms with Crippen molar-refractivity contribution in [3.05, 3.63) is 54.6 Å². The number of rotatable bonds is 7. The van der Waals surface area contributed by atoms with Crippen LogP contribution in [0.2, 0.25) is 0 Å². The Bertz CT molecular complexity index is 1090. The fourth-order valence-electron chi connectivity index (χ4n) is 6.54. The Morgan fingerprint density at radius 2 is 1.69 bits per heavy atom. The first kappa shape index (κ1) is 24.7.